The Hall–Kier alpha value is -2.08. The minimum absolute atomic E-state index is 0.00505. The monoisotopic (exact) mass is 508 g/mol. The van der Waals surface area contributed by atoms with Gasteiger partial charge in [-0.25, -0.2) is 4.79 Å². The van der Waals surface area contributed by atoms with E-state index in [1.807, 2.05) is 0 Å². The van der Waals surface area contributed by atoms with Crippen LogP contribution in [0.25, 0.3) is 0 Å². The van der Waals surface area contributed by atoms with Gasteiger partial charge in [-0.3, -0.25) is 9.69 Å². The maximum absolute atomic E-state index is 13.2. The van der Waals surface area contributed by atoms with Gasteiger partial charge in [-0.2, -0.15) is 0 Å². The standard InChI is InChI=1S/C31H48N4O2/c1-7-32-21-31(35(22(2)3)29(32)37)15-25-13-14-26(16-31)34(25)19-24-18-33(28(36)17-30(4,5)6)20-27(24)23-11-9-8-10-12-23/h8-12,22,24-27H,7,13-21H2,1-6H3/t24-,25?,26?,27-,31?/m1/s1. The van der Waals surface area contributed by atoms with E-state index < -0.39 is 0 Å². The Balaban J connectivity index is 1.35. The molecule has 0 N–H and O–H groups in total. The van der Waals surface area contributed by atoms with Crippen molar-refractivity contribution in [1.29, 1.82) is 0 Å². The Labute approximate surface area is 224 Å². The summed E-state index contributed by atoms with van der Waals surface area (Å²) in [6, 6.07) is 12.4. The lowest BCUT2D eigenvalue weighted by Gasteiger charge is -2.50. The van der Waals surface area contributed by atoms with E-state index in [9.17, 15) is 9.59 Å². The third-order valence-corrected chi connectivity index (χ3v) is 9.52. The van der Waals surface area contributed by atoms with Crippen LogP contribution in [0.3, 0.4) is 0 Å². The van der Waals surface area contributed by atoms with Gasteiger partial charge in [-0.15, -0.1) is 0 Å². The predicted molar refractivity (Wildman–Crippen MR) is 148 cm³/mol. The topological polar surface area (TPSA) is 47.1 Å². The molecule has 6 heteroatoms. The van der Waals surface area contributed by atoms with Crippen LogP contribution in [-0.4, -0.2) is 87.9 Å². The van der Waals surface area contributed by atoms with Crippen molar-refractivity contribution in [2.75, 3.05) is 32.7 Å². The van der Waals surface area contributed by atoms with Gasteiger partial charge >= 0.3 is 6.03 Å². The number of urea groups is 1. The van der Waals surface area contributed by atoms with Gasteiger partial charge in [0.15, 0.2) is 0 Å². The highest BCUT2D eigenvalue weighted by Crippen LogP contribution is 2.48. The van der Waals surface area contributed by atoms with Crippen molar-refractivity contribution in [3.05, 3.63) is 35.9 Å². The first-order valence-corrected chi connectivity index (χ1v) is 14.7. The van der Waals surface area contributed by atoms with Gasteiger partial charge in [0.2, 0.25) is 5.91 Å². The SMILES string of the molecule is CCN1CC2(CC3CCC(C2)N3C[C@H]2CN(C(=O)CC(C)(C)C)C[C@@H]2c2ccccc2)N(C(C)C)C1=O. The van der Waals surface area contributed by atoms with Crippen LogP contribution in [0.15, 0.2) is 30.3 Å². The van der Waals surface area contributed by atoms with Crippen LogP contribution in [0.2, 0.25) is 0 Å². The summed E-state index contributed by atoms with van der Waals surface area (Å²) >= 11 is 0. The van der Waals surface area contributed by atoms with Crippen molar-refractivity contribution < 1.29 is 9.59 Å². The van der Waals surface area contributed by atoms with Crippen LogP contribution < -0.4 is 0 Å². The molecule has 1 aromatic rings. The molecule has 4 aliphatic heterocycles. The lowest BCUT2D eigenvalue weighted by Crippen LogP contribution is -2.60. The highest BCUT2D eigenvalue weighted by molar-refractivity contribution is 5.79. The summed E-state index contributed by atoms with van der Waals surface area (Å²) in [6.45, 7) is 17.3. The van der Waals surface area contributed by atoms with E-state index >= 15 is 0 Å². The summed E-state index contributed by atoms with van der Waals surface area (Å²) in [7, 11) is 0. The Morgan fingerprint density at radius 3 is 2.27 bits per heavy atom. The predicted octanol–water partition coefficient (Wildman–Crippen LogP) is 5.20. The Kier molecular flexibility index (Phi) is 7.10. The number of amides is 3. The molecule has 37 heavy (non-hydrogen) atoms. The van der Waals surface area contributed by atoms with E-state index in [-0.39, 0.29) is 23.0 Å². The van der Waals surface area contributed by atoms with Gasteiger partial charge in [-0.05, 0) is 63.4 Å². The normalized spacial score (nSPS) is 32.4. The fourth-order valence-corrected chi connectivity index (χ4v) is 8.08. The molecular weight excluding hydrogens is 460 g/mol. The molecular formula is C31H48N4O2. The molecule has 2 unspecified atom stereocenters. The fourth-order valence-electron chi connectivity index (χ4n) is 8.08. The number of hydrogen-bond acceptors (Lipinski definition) is 3. The molecule has 4 fully saturated rings. The first kappa shape index (κ1) is 26.5. The number of piperidine rings is 1. The smallest absolute Gasteiger partial charge is 0.320 e. The molecule has 4 atom stereocenters. The van der Waals surface area contributed by atoms with Crippen LogP contribution >= 0.6 is 0 Å². The van der Waals surface area contributed by atoms with E-state index in [4.69, 9.17) is 0 Å². The lowest BCUT2D eigenvalue weighted by atomic mass is 9.80. The lowest BCUT2D eigenvalue weighted by molar-refractivity contribution is -0.132. The van der Waals surface area contributed by atoms with Crippen LogP contribution in [0, 0.1) is 11.3 Å². The Morgan fingerprint density at radius 1 is 1.05 bits per heavy atom. The van der Waals surface area contributed by atoms with Gasteiger partial charge < -0.3 is 14.7 Å². The summed E-state index contributed by atoms with van der Waals surface area (Å²) in [5.74, 6) is 1.13. The number of likely N-dealkylation sites (N-methyl/N-ethyl adjacent to an activating group) is 1. The second kappa shape index (κ2) is 9.91. The van der Waals surface area contributed by atoms with E-state index in [0.717, 1.165) is 45.6 Å². The molecule has 0 aliphatic carbocycles. The largest absolute Gasteiger partial charge is 0.342 e. The minimum atomic E-state index is -0.0210. The summed E-state index contributed by atoms with van der Waals surface area (Å²) in [5.41, 5.74) is 1.35. The van der Waals surface area contributed by atoms with Crippen LogP contribution in [0.4, 0.5) is 4.79 Å². The van der Waals surface area contributed by atoms with Crippen molar-refractivity contribution in [1.82, 2.24) is 19.6 Å². The average Bonchev–Trinajstić information content (AvgIpc) is 3.44. The number of fused-ring (bicyclic) bond motifs is 2. The zero-order valence-corrected chi connectivity index (χ0v) is 23.9. The first-order valence-electron chi connectivity index (χ1n) is 14.7. The number of benzene rings is 1. The number of likely N-dealkylation sites (tertiary alicyclic amines) is 1. The molecule has 0 radical (unpaired) electrons. The zero-order chi connectivity index (χ0) is 26.5. The molecule has 0 saturated carbocycles. The third kappa shape index (κ3) is 5.03. The summed E-state index contributed by atoms with van der Waals surface area (Å²) in [6.07, 6.45) is 5.23. The molecule has 1 aromatic carbocycles. The third-order valence-electron chi connectivity index (χ3n) is 9.52. The first-order chi connectivity index (χ1) is 17.5. The molecule has 4 aliphatic rings. The molecule has 3 amide bonds. The second-order valence-corrected chi connectivity index (χ2v) is 13.8. The summed E-state index contributed by atoms with van der Waals surface area (Å²) in [4.78, 5) is 35.7. The van der Waals surface area contributed by atoms with E-state index in [0.29, 0.717) is 36.2 Å². The highest BCUT2D eigenvalue weighted by Gasteiger charge is 2.58. The van der Waals surface area contributed by atoms with Gasteiger partial charge in [0.1, 0.15) is 0 Å². The molecule has 2 bridgehead atoms. The quantitative estimate of drug-likeness (QED) is 0.531. The highest BCUT2D eigenvalue weighted by atomic mass is 16.2. The van der Waals surface area contributed by atoms with Crippen LogP contribution in [0.5, 0.6) is 0 Å². The van der Waals surface area contributed by atoms with Crippen molar-refractivity contribution in [3.8, 4) is 0 Å². The molecule has 6 nitrogen and oxygen atoms in total. The van der Waals surface area contributed by atoms with Gasteiger partial charge in [0.05, 0.1) is 5.54 Å². The van der Waals surface area contributed by atoms with Gasteiger partial charge in [0.25, 0.3) is 0 Å². The van der Waals surface area contributed by atoms with Crippen molar-refractivity contribution >= 4 is 11.9 Å². The van der Waals surface area contributed by atoms with Crippen LogP contribution in [0.1, 0.15) is 85.1 Å². The number of nitrogens with zero attached hydrogens (tertiary/aromatic N) is 4. The number of rotatable bonds is 6. The molecule has 1 spiro atoms. The van der Waals surface area contributed by atoms with Crippen LogP contribution in [-0.2, 0) is 4.79 Å². The summed E-state index contributed by atoms with van der Waals surface area (Å²) < 4.78 is 0. The van der Waals surface area contributed by atoms with Crippen molar-refractivity contribution in [3.63, 3.8) is 0 Å². The van der Waals surface area contributed by atoms with E-state index in [2.05, 4.69) is 91.5 Å². The zero-order valence-electron chi connectivity index (χ0n) is 23.9. The van der Waals surface area contributed by atoms with E-state index in [1.54, 1.807) is 0 Å². The van der Waals surface area contributed by atoms with Gasteiger partial charge in [0, 0.05) is 63.2 Å². The number of carbonyl (C=O) groups is 2. The van der Waals surface area contributed by atoms with Gasteiger partial charge in [-0.1, -0.05) is 51.1 Å². The number of hydrogen-bond donors (Lipinski definition) is 0. The van der Waals surface area contributed by atoms with E-state index in [1.165, 1.54) is 18.4 Å². The average molecular weight is 509 g/mol. The fraction of sp³-hybridized carbons (Fsp3) is 0.742. The maximum Gasteiger partial charge on any atom is 0.320 e. The summed E-state index contributed by atoms with van der Waals surface area (Å²) in [5, 5.41) is 0. The van der Waals surface area contributed by atoms with Crippen molar-refractivity contribution in [2.45, 2.75) is 103 Å². The molecule has 0 aromatic heterocycles. The Morgan fingerprint density at radius 2 is 1.70 bits per heavy atom. The molecule has 4 heterocycles. The second-order valence-electron chi connectivity index (χ2n) is 13.8. The Bertz CT molecular complexity index is 973. The van der Waals surface area contributed by atoms with Crippen molar-refractivity contribution in [2.24, 2.45) is 11.3 Å². The molecule has 204 valence electrons. The molecule has 4 saturated heterocycles. The molecule has 5 rings (SSSR count). The minimum Gasteiger partial charge on any atom is -0.342 e. The number of carbonyl (C=O) groups excluding carboxylic acids is 2. The maximum atomic E-state index is 13.2.